The number of morpholine rings is 1. The van der Waals surface area contributed by atoms with Crippen molar-refractivity contribution in [3.8, 4) is 0 Å². The molecular formula is C23H25FN3O3S+. The Morgan fingerprint density at radius 2 is 2.03 bits per heavy atom. The normalized spacial score (nSPS) is 17.8. The van der Waals surface area contributed by atoms with E-state index in [-0.39, 0.29) is 17.6 Å². The topological polar surface area (TPSA) is 71.9 Å². The standard InChI is InChI=1S/C23H24FN3O3S/c24-18-5-2-1-4-16(18)15-21-23(29)26-19-14-17(6-7-20(19)31-21)22(28)25-8-3-9-27-10-12-30-13-11-27/h1-2,4-7,14-15H,3,8-13H2,(H,25,28)(H,26,29)/p+1. The van der Waals surface area contributed by atoms with Gasteiger partial charge in [-0.3, -0.25) is 9.59 Å². The number of anilines is 1. The molecule has 0 atom stereocenters. The summed E-state index contributed by atoms with van der Waals surface area (Å²) in [5.41, 5.74) is 1.45. The fourth-order valence-electron chi connectivity index (χ4n) is 3.59. The molecule has 1 fully saturated rings. The average molecular weight is 443 g/mol. The summed E-state index contributed by atoms with van der Waals surface area (Å²) in [4.78, 5) is 27.7. The Labute approximate surface area is 184 Å². The summed E-state index contributed by atoms with van der Waals surface area (Å²) < 4.78 is 19.3. The molecule has 4 rings (SSSR count). The van der Waals surface area contributed by atoms with Crippen LogP contribution < -0.4 is 15.5 Å². The maximum absolute atomic E-state index is 13.9. The van der Waals surface area contributed by atoms with Crippen molar-refractivity contribution in [1.82, 2.24) is 5.32 Å². The molecule has 6 nitrogen and oxygen atoms in total. The second-order valence-corrected chi connectivity index (χ2v) is 8.60. The van der Waals surface area contributed by atoms with Crippen LogP contribution in [0, 0.1) is 5.82 Å². The van der Waals surface area contributed by atoms with Crippen LogP contribution in [0.1, 0.15) is 22.3 Å². The molecule has 2 aliphatic rings. The number of quaternary nitrogens is 1. The van der Waals surface area contributed by atoms with Gasteiger partial charge in [0.05, 0.1) is 30.4 Å². The lowest BCUT2D eigenvalue weighted by Crippen LogP contribution is -3.14. The van der Waals surface area contributed by atoms with Gasteiger partial charge >= 0.3 is 0 Å². The van der Waals surface area contributed by atoms with Crippen molar-refractivity contribution in [3.05, 3.63) is 64.3 Å². The third-order valence-corrected chi connectivity index (χ3v) is 6.42. The van der Waals surface area contributed by atoms with Crippen molar-refractivity contribution in [1.29, 1.82) is 0 Å². The number of hydrogen-bond acceptors (Lipinski definition) is 4. The van der Waals surface area contributed by atoms with Crippen LogP contribution >= 0.6 is 11.8 Å². The number of thioether (sulfide) groups is 1. The molecule has 2 aromatic carbocycles. The first-order valence-corrected chi connectivity index (χ1v) is 11.2. The van der Waals surface area contributed by atoms with Crippen molar-refractivity contribution in [2.75, 3.05) is 44.7 Å². The third-order valence-electron chi connectivity index (χ3n) is 5.32. The second-order valence-electron chi connectivity index (χ2n) is 7.52. The molecule has 0 aromatic heterocycles. The summed E-state index contributed by atoms with van der Waals surface area (Å²) in [5, 5.41) is 5.76. The SMILES string of the molecule is O=C1Nc2cc(C(=O)NCCC[NH+]3CCOCC3)ccc2SC1=Cc1ccccc1F. The molecule has 31 heavy (non-hydrogen) atoms. The fraction of sp³-hybridized carbons (Fsp3) is 0.304. The van der Waals surface area contributed by atoms with E-state index in [1.54, 1.807) is 36.4 Å². The van der Waals surface area contributed by atoms with E-state index < -0.39 is 0 Å². The summed E-state index contributed by atoms with van der Waals surface area (Å²) in [5.74, 6) is -0.852. The highest BCUT2D eigenvalue weighted by Gasteiger charge is 2.22. The number of amides is 2. The van der Waals surface area contributed by atoms with Gasteiger partial charge in [0.15, 0.2) is 0 Å². The van der Waals surface area contributed by atoms with E-state index in [1.807, 2.05) is 0 Å². The Balaban J connectivity index is 1.35. The van der Waals surface area contributed by atoms with E-state index in [4.69, 9.17) is 4.74 Å². The zero-order valence-electron chi connectivity index (χ0n) is 17.1. The molecule has 0 unspecified atom stereocenters. The molecule has 3 N–H and O–H groups in total. The average Bonchev–Trinajstić information content (AvgIpc) is 2.79. The first-order valence-electron chi connectivity index (χ1n) is 10.4. The van der Waals surface area contributed by atoms with Crippen LogP contribution in [0.2, 0.25) is 0 Å². The van der Waals surface area contributed by atoms with E-state index in [0.717, 1.165) is 44.2 Å². The summed E-state index contributed by atoms with van der Waals surface area (Å²) in [6, 6.07) is 11.5. The minimum atomic E-state index is -0.378. The lowest BCUT2D eigenvalue weighted by molar-refractivity contribution is -0.908. The highest BCUT2D eigenvalue weighted by Crippen LogP contribution is 2.39. The number of benzene rings is 2. The third kappa shape index (κ3) is 5.52. The summed E-state index contributed by atoms with van der Waals surface area (Å²) in [6.45, 7) is 5.26. The van der Waals surface area contributed by atoms with Crippen LogP contribution in [0.25, 0.3) is 6.08 Å². The minimum absolute atomic E-state index is 0.160. The van der Waals surface area contributed by atoms with Crippen LogP contribution in [0.4, 0.5) is 10.1 Å². The highest BCUT2D eigenvalue weighted by molar-refractivity contribution is 8.04. The van der Waals surface area contributed by atoms with Gasteiger partial charge in [0.1, 0.15) is 18.9 Å². The largest absolute Gasteiger partial charge is 0.370 e. The molecule has 2 heterocycles. The molecule has 162 valence electrons. The van der Waals surface area contributed by atoms with Crippen LogP contribution in [0.15, 0.2) is 52.3 Å². The van der Waals surface area contributed by atoms with Crippen LogP contribution in [-0.2, 0) is 9.53 Å². The number of carbonyl (C=O) groups is 2. The molecule has 2 aliphatic heterocycles. The smallest absolute Gasteiger partial charge is 0.262 e. The number of hydrogen-bond donors (Lipinski definition) is 3. The van der Waals surface area contributed by atoms with E-state index in [1.165, 1.54) is 28.8 Å². The maximum atomic E-state index is 13.9. The van der Waals surface area contributed by atoms with Gasteiger partial charge in [0.25, 0.3) is 11.8 Å². The van der Waals surface area contributed by atoms with E-state index in [0.29, 0.717) is 28.3 Å². The molecular weight excluding hydrogens is 417 g/mol. The molecule has 0 aliphatic carbocycles. The quantitative estimate of drug-likeness (QED) is 0.472. The second kappa shape index (κ2) is 10.1. The van der Waals surface area contributed by atoms with Crippen molar-refractivity contribution < 1.29 is 23.6 Å². The fourth-order valence-corrected chi connectivity index (χ4v) is 4.51. The van der Waals surface area contributed by atoms with Gasteiger partial charge < -0.3 is 20.3 Å². The summed E-state index contributed by atoms with van der Waals surface area (Å²) in [7, 11) is 0. The number of nitrogens with one attached hydrogen (secondary N) is 3. The minimum Gasteiger partial charge on any atom is -0.370 e. The Hall–Kier alpha value is -2.68. The molecule has 2 aromatic rings. The van der Waals surface area contributed by atoms with Crippen molar-refractivity contribution >= 4 is 35.3 Å². The van der Waals surface area contributed by atoms with Gasteiger partial charge in [-0.05, 0) is 30.3 Å². The number of halogens is 1. The Morgan fingerprint density at radius 3 is 2.84 bits per heavy atom. The van der Waals surface area contributed by atoms with Gasteiger partial charge in [0.2, 0.25) is 0 Å². The Kier molecular flexibility index (Phi) is 7.01. The van der Waals surface area contributed by atoms with Gasteiger partial charge in [-0.25, -0.2) is 4.39 Å². The number of rotatable bonds is 6. The zero-order chi connectivity index (χ0) is 21.6. The van der Waals surface area contributed by atoms with Crippen LogP contribution in [0.5, 0.6) is 0 Å². The van der Waals surface area contributed by atoms with Crippen LogP contribution in [-0.4, -0.2) is 51.2 Å². The molecule has 1 saturated heterocycles. The van der Waals surface area contributed by atoms with Gasteiger partial charge in [-0.15, -0.1) is 0 Å². The van der Waals surface area contributed by atoms with E-state index >= 15 is 0 Å². The first-order chi connectivity index (χ1) is 15.1. The molecule has 0 spiro atoms. The van der Waals surface area contributed by atoms with E-state index in [2.05, 4.69) is 10.6 Å². The number of carbonyl (C=O) groups excluding carboxylic acids is 2. The van der Waals surface area contributed by atoms with Gasteiger partial charge in [0, 0.05) is 29.0 Å². The maximum Gasteiger partial charge on any atom is 0.262 e. The highest BCUT2D eigenvalue weighted by atomic mass is 32.2. The predicted octanol–water partition coefficient (Wildman–Crippen LogP) is 1.95. The summed E-state index contributed by atoms with van der Waals surface area (Å²) in [6.07, 6.45) is 2.44. The van der Waals surface area contributed by atoms with E-state index in [9.17, 15) is 14.0 Å². The summed E-state index contributed by atoms with van der Waals surface area (Å²) >= 11 is 1.26. The van der Waals surface area contributed by atoms with Crippen LogP contribution in [0.3, 0.4) is 0 Å². The molecule has 0 bridgehead atoms. The van der Waals surface area contributed by atoms with Gasteiger partial charge in [-0.1, -0.05) is 30.0 Å². The molecule has 0 radical (unpaired) electrons. The first kappa shape index (κ1) is 21.5. The molecule has 8 heteroatoms. The predicted molar refractivity (Wildman–Crippen MR) is 119 cm³/mol. The Bertz CT molecular complexity index is 1010. The monoisotopic (exact) mass is 442 g/mol. The molecule has 0 saturated carbocycles. The van der Waals surface area contributed by atoms with Crippen molar-refractivity contribution in [3.63, 3.8) is 0 Å². The van der Waals surface area contributed by atoms with Gasteiger partial charge in [-0.2, -0.15) is 0 Å². The lowest BCUT2D eigenvalue weighted by Gasteiger charge is -2.23. The number of ether oxygens (including phenoxy) is 1. The lowest BCUT2D eigenvalue weighted by atomic mass is 10.1. The Morgan fingerprint density at radius 1 is 1.23 bits per heavy atom. The zero-order valence-corrected chi connectivity index (χ0v) is 17.9. The van der Waals surface area contributed by atoms with Crippen molar-refractivity contribution in [2.24, 2.45) is 0 Å². The molecule has 2 amide bonds. The number of fused-ring (bicyclic) bond motifs is 1. The van der Waals surface area contributed by atoms with Crippen molar-refractivity contribution in [2.45, 2.75) is 11.3 Å².